The summed E-state index contributed by atoms with van der Waals surface area (Å²) in [7, 11) is 1.46. The lowest BCUT2D eigenvalue weighted by atomic mass is 10.1. The summed E-state index contributed by atoms with van der Waals surface area (Å²) >= 11 is 17.6. The van der Waals surface area contributed by atoms with E-state index in [2.05, 4.69) is 5.32 Å². The SMILES string of the molecule is COc1cc(/C=C2\C(=O)NC(=S)N(c3cccc(Cl)c3Cl)C2=O)ccc1OCc1cccc(F)c1. The molecule has 1 aliphatic rings. The van der Waals surface area contributed by atoms with Crippen molar-refractivity contribution in [2.75, 3.05) is 12.0 Å². The van der Waals surface area contributed by atoms with Crippen molar-refractivity contribution < 1.29 is 23.5 Å². The van der Waals surface area contributed by atoms with Gasteiger partial charge in [-0.25, -0.2) is 4.39 Å². The first-order valence-corrected chi connectivity index (χ1v) is 11.4. The third-order valence-electron chi connectivity index (χ3n) is 5.06. The van der Waals surface area contributed by atoms with Crippen LogP contribution in [0, 0.1) is 5.82 Å². The maximum atomic E-state index is 13.4. The number of nitrogens with one attached hydrogen (secondary N) is 1. The number of anilines is 1. The molecule has 6 nitrogen and oxygen atoms in total. The monoisotopic (exact) mass is 530 g/mol. The Kier molecular flexibility index (Phi) is 7.35. The van der Waals surface area contributed by atoms with Gasteiger partial charge in [-0.15, -0.1) is 0 Å². The predicted molar refractivity (Wildman–Crippen MR) is 136 cm³/mol. The van der Waals surface area contributed by atoms with E-state index in [4.69, 9.17) is 44.9 Å². The Hall–Kier alpha value is -3.46. The average molecular weight is 531 g/mol. The van der Waals surface area contributed by atoms with E-state index in [9.17, 15) is 14.0 Å². The highest BCUT2D eigenvalue weighted by atomic mass is 35.5. The number of nitrogens with zero attached hydrogens (tertiary/aromatic N) is 1. The summed E-state index contributed by atoms with van der Waals surface area (Å²) in [6.07, 6.45) is 1.41. The summed E-state index contributed by atoms with van der Waals surface area (Å²) in [4.78, 5) is 27.0. The summed E-state index contributed by atoms with van der Waals surface area (Å²) < 4.78 is 24.6. The Morgan fingerprint density at radius 2 is 1.83 bits per heavy atom. The van der Waals surface area contributed by atoms with Gasteiger partial charge in [-0.3, -0.25) is 19.8 Å². The van der Waals surface area contributed by atoms with Crippen LogP contribution in [0.15, 0.2) is 66.2 Å². The van der Waals surface area contributed by atoms with Crippen LogP contribution in [0.25, 0.3) is 6.08 Å². The van der Waals surface area contributed by atoms with Gasteiger partial charge in [0.2, 0.25) is 0 Å². The van der Waals surface area contributed by atoms with Crippen LogP contribution in [0.5, 0.6) is 11.5 Å². The molecule has 0 spiro atoms. The predicted octanol–water partition coefficient (Wildman–Crippen LogP) is 5.55. The first kappa shape index (κ1) is 24.7. The number of methoxy groups -OCH3 is 1. The van der Waals surface area contributed by atoms with Crippen LogP contribution in [-0.2, 0) is 16.2 Å². The van der Waals surface area contributed by atoms with Crippen LogP contribution in [-0.4, -0.2) is 24.0 Å². The first-order chi connectivity index (χ1) is 16.8. The summed E-state index contributed by atoms with van der Waals surface area (Å²) in [5, 5.41) is 2.75. The maximum Gasteiger partial charge on any atom is 0.270 e. The largest absolute Gasteiger partial charge is 0.493 e. The van der Waals surface area contributed by atoms with Crippen molar-refractivity contribution in [2.24, 2.45) is 0 Å². The summed E-state index contributed by atoms with van der Waals surface area (Å²) in [6, 6.07) is 15.7. The Balaban J connectivity index is 1.62. The maximum absolute atomic E-state index is 13.4. The molecule has 1 fully saturated rings. The minimum Gasteiger partial charge on any atom is -0.493 e. The number of thiocarbonyl (C=S) groups is 1. The van der Waals surface area contributed by atoms with Gasteiger partial charge in [0, 0.05) is 0 Å². The van der Waals surface area contributed by atoms with Crippen molar-refractivity contribution in [3.63, 3.8) is 0 Å². The molecule has 1 N–H and O–H groups in total. The van der Waals surface area contributed by atoms with Crippen molar-refractivity contribution in [1.82, 2.24) is 5.32 Å². The third-order valence-corrected chi connectivity index (χ3v) is 6.15. The quantitative estimate of drug-likeness (QED) is 0.257. The van der Waals surface area contributed by atoms with Gasteiger partial charge in [-0.1, -0.05) is 47.5 Å². The molecule has 1 heterocycles. The molecule has 4 rings (SSSR count). The molecular weight excluding hydrogens is 514 g/mol. The molecule has 0 saturated carbocycles. The highest BCUT2D eigenvalue weighted by Crippen LogP contribution is 2.35. The second-order valence-corrected chi connectivity index (χ2v) is 8.53. The molecule has 0 aromatic heterocycles. The van der Waals surface area contributed by atoms with Gasteiger partial charge in [0.15, 0.2) is 16.6 Å². The van der Waals surface area contributed by atoms with Gasteiger partial charge in [-0.05, 0) is 65.8 Å². The zero-order chi connectivity index (χ0) is 25.1. The van der Waals surface area contributed by atoms with Crippen LogP contribution in [0.1, 0.15) is 11.1 Å². The van der Waals surface area contributed by atoms with Crippen molar-refractivity contribution >= 4 is 64.1 Å². The van der Waals surface area contributed by atoms with Gasteiger partial charge in [0.25, 0.3) is 11.8 Å². The Bertz CT molecular complexity index is 1380. The molecule has 178 valence electrons. The second-order valence-electron chi connectivity index (χ2n) is 7.36. The van der Waals surface area contributed by atoms with E-state index in [0.29, 0.717) is 22.6 Å². The van der Waals surface area contributed by atoms with E-state index in [0.717, 1.165) is 4.90 Å². The minimum atomic E-state index is -0.659. The smallest absolute Gasteiger partial charge is 0.270 e. The van der Waals surface area contributed by atoms with Crippen LogP contribution in [0.4, 0.5) is 10.1 Å². The lowest BCUT2D eigenvalue weighted by Gasteiger charge is -2.29. The van der Waals surface area contributed by atoms with Gasteiger partial charge in [0.1, 0.15) is 18.0 Å². The standard InChI is InChI=1S/C25H17Cl2FN2O4S/c1-33-21-12-14(8-9-20(21)34-13-15-4-2-5-16(28)10-15)11-17-23(31)29-25(35)30(24(17)32)19-7-3-6-18(26)22(19)27/h2-12H,13H2,1H3,(H,29,31,35)/b17-11+. The lowest BCUT2D eigenvalue weighted by molar-refractivity contribution is -0.122. The minimum absolute atomic E-state index is 0.111. The van der Waals surface area contributed by atoms with E-state index in [-0.39, 0.29) is 38.8 Å². The number of amides is 2. The van der Waals surface area contributed by atoms with Crippen LogP contribution in [0.2, 0.25) is 10.0 Å². The Morgan fingerprint density at radius 1 is 1.06 bits per heavy atom. The molecule has 2 amide bonds. The Labute approximate surface area is 215 Å². The molecule has 10 heteroatoms. The van der Waals surface area contributed by atoms with Crippen LogP contribution in [0.3, 0.4) is 0 Å². The van der Waals surface area contributed by atoms with E-state index >= 15 is 0 Å². The van der Waals surface area contributed by atoms with Crippen molar-refractivity contribution in [1.29, 1.82) is 0 Å². The number of carbonyl (C=O) groups excluding carboxylic acids is 2. The van der Waals surface area contributed by atoms with Gasteiger partial charge < -0.3 is 9.47 Å². The molecule has 0 atom stereocenters. The highest BCUT2D eigenvalue weighted by Gasteiger charge is 2.35. The fourth-order valence-corrected chi connectivity index (χ4v) is 4.04. The van der Waals surface area contributed by atoms with E-state index in [1.807, 2.05) is 0 Å². The molecule has 0 aliphatic carbocycles. The van der Waals surface area contributed by atoms with Gasteiger partial charge in [-0.2, -0.15) is 0 Å². The first-order valence-electron chi connectivity index (χ1n) is 10.2. The molecule has 3 aromatic rings. The van der Waals surface area contributed by atoms with Gasteiger partial charge in [0.05, 0.1) is 22.8 Å². The van der Waals surface area contributed by atoms with Crippen molar-refractivity contribution in [3.05, 3.63) is 93.2 Å². The molecule has 0 unspecified atom stereocenters. The number of halogens is 3. The normalized spacial score (nSPS) is 14.8. The highest BCUT2D eigenvalue weighted by molar-refractivity contribution is 7.80. The lowest BCUT2D eigenvalue weighted by Crippen LogP contribution is -2.54. The fraction of sp³-hybridized carbons (Fsp3) is 0.0800. The van der Waals surface area contributed by atoms with Crippen molar-refractivity contribution in [2.45, 2.75) is 6.61 Å². The van der Waals surface area contributed by atoms with E-state index < -0.39 is 11.8 Å². The zero-order valence-corrected chi connectivity index (χ0v) is 20.5. The topological polar surface area (TPSA) is 67.9 Å². The summed E-state index contributed by atoms with van der Waals surface area (Å²) in [6.45, 7) is 0.127. The van der Waals surface area contributed by atoms with Crippen LogP contribution < -0.4 is 19.7 Å². The zero-order valence-electron chi connectivity index (χ0n) is 18.2. The number of rotatable bonds is 6. The Morgan fingerprint density at radius 3 is 2.57 bits per heavy atom. The molecule has 0 bridgehead atoms. The van der Waals surface area contributed by atoms with Gasteiger partial charge >= 0.3 is 0 Å². The molecule has 35 heavy (non-hydrogen) atoms. The molecule has 1 saturated heterocycles. The summed E-state index contributed by atoms with van der Waals surface area (Å²) in [5.74, 6) is -0.896. The fourth-order valence-electron chi connectivity index (χ4n) is 3.39. The molecule has 3 aromatic carbocycles. The number of ether oxygens (including phenoxy) is 2. The van der Waals surface area contributed by atoms with E-state index in [1.54, 1.807) is 48.5 Å². The number of hydrogen-bond acceptors (Lipinski definition) is 5. The number of benzene rings is 3. The van der Waals surface area contributed by atoms with Crippen LogP contribution >= 0.6 is 35.4 Å². The second kappa shape index (κ2) is 10.4. The average Bonchev–Trinajstić information content (AvgIpc) is 2.83. The van der Waals surface area contributed by atoms with E-state index in [1.165, 1.54) is 25.3 Å². The van der Waals surface area contributed by atoms with Crippen molar-refractivity contribution in [3.8, 4) is 11.5 Å². The summed E-state index contributed by atoms with van der Waals surface area (Å²) in [5.41, 5.74) is 1.24. The molecule has 1 aliphatic heterocycles. The molecule has 0 radical (unpaired) electrons. The third kappa shape index (κ3) is 5.30. The number of hydrogen-bond donors (Lipinski definition) is 1. The molecular formula is C25H17Cl2FN2O4S. The number of carbonyl (C=O) groups is 2.